The van der Waals surface area contributed by atoms with Gasteiger partial charge in [0.1, 0.15) is 6.33 Å². The lowest BCUT2D eigenvalue weighted by Gasteiger charge is -2.01. The standard InChI is InChI=1S/C5H4ClN3O5S/c1-14-4-3(9(10)11)5(8-2-7-4)15(6,12)13/h2H,1H3. The van der Waals surface area contributed by atoms with Gasteiger partial charge in [-0.15, -0.1) is 0 Å². The summed E-state index contributed by atoms with van der Waals surface area (Å²) in [6.45, 7) is 0. The number of rotatable bonds is 3. The Morgan fingerprint density at radius 2 is 2.13 bits per heavy atom. The van der Waals surface area contributed by atoms with Crippen LogP contribution in [0.3, 0.4) is 0 Å². The lowest BCUT2D eigenvalue weighted by molar-refractivity contribution is -0.389. The van der Waals surface area contributed by atoms with Crippen molar-refractivity contribution >= 4 is 25.4 Å². The van der Waals surface area contributed by atoms with Crippen molar-refractivity contribution in [3.63, 3.8) is 0 Å². The first kappa shape index (κ1) is 11.6. The van der Waals surface area contributed by atoms with Gasteiger partial charge in [0.05, 0.1) is 12.0 Å². The van der Waals surface area contributed by atoms with Crippen molar-refractivity contribution in [2.24, 2.45) is 0 Å². The monoisotopic (exact) mass is 253 g/mol. The number of methoxy groups -OCH3 is 1. The molecule has 0 N–H and O–H groups in total. The highest BCUT2D eigenvalue weighted by Crippen LogP contribution is 2.31. The van der Waals surface area contributed by atoms with Crippen molar-refractivity contribution in [1.29, 1.82) is 0 Å². The molecule has 0 atom stereocenters. The number of ether oxygens (including phenoxy) is 1. The predicted molar refractivity (Wildman–Crippen MR) is 48.3 cm³/mol. The number of hydrogen-bond donors (Lipinski definition) is 0. The molecule has 1 rings (SSSR count). The van der Waals surface area contributed by atoms with Crippen LogP contribution in [0.2, 0.25) is 0 Å². The van der Waals surface area contributed by atoms with Crippen molar-refractivity contribution < 1.29 is 18.1 Å². The highest BCUT2D eigenvalue weighted by molar-refractivity contribution is 8.13. The van der Waals surface area contributed by atoms with Crippen LogP contribution in [0, 0.1) is 10.1 Å². The second-order valence-electron chi connectivity index (χ2n) is 2.23. The summed E-state index contributed by atoms with van der Waals surface area (Å²) in [5, 5.41) is 9.68. The Labute approximate surface area is 88.4 Å². The summed E-state index contributed by atoms with van der Waals surface area (Å²) in [7, 11) is 1.76. The molecule has 0 unspecified atom stereocenters. The maximum absolute atomic E-state index is 10.9. The van der Waals surface area contributed by atoms with Gasteiger partial charge in [-0.25, -0.2) is 13.4 Å². The van der Waals surface area contributed by atoms with Crippen molar-refractivity contribution in [3.05, 3.63) is 16.4 Å². The summed E-state index contributed by atoms with van der Waals surface area (Å²) >= 11 is 0. The van der Waals surface area contributed by atoms with E-state index in [2.05, 4.69) is 14.7 Å². The molecular formula is C5H4ClN3O5S. The summed E-state index contributed by atoms with van der Waals surface area (Å²) in [6.07, 6.45) is 0.807. The molecule has 1 aromatic rings. The molecule has 1 heterocycles. The van der Waals surface area contributed by atoms with Gasteiger partial charge in [0.15, 0.2) is 0 Å². The molecule has 0 spiro atoms. The van der Waals surface area contributed by atoms with Crippen LogP contribution in [-0.2, 0) is 9.05 Å². The first-order chi connectivity index (χ1) is 6.88. The highest BCUT2D eigenvalue weighted by atomic mass is 35.7. The first-order valence-electron chi connectivity index (χ1n) is 3.36. The molecule has 0 radical (unpaired) electrons. The number of halogens is 1. The van der Waals surface area contributed by atoms with Crippen LogP contribution >= 0.6 is 10.7 Å². The van der Waals surface area contributed by atoms with Gasteiger partial charge >= 0.3 is 5.69 Å². The van der Waals surface area contributed by atoms with Crippen molar-refractivity contribution in [3.8, 4) is 5.88 Å². The van der Waals surface area contributed by atoms with E-state index in [1.165, 1.54) is 0 Å². The Balaban J connectivity index is 3.60. The van der Waals surface area contributed by atoms with Gasteiger partial charge in [-0.2, -0.15) is 4.98 Å². The molecule has 0 aliphatic heterocycles. The molecule has 15 heavy (non-hydrogen) atoms. The van der Waals surface area contributed by atoms with E-state index in [0.29, 0.717) is 0 Å². The van der Waals surface area contributed by atoms with Crippen LogP contribution in [0.4, 0.5) is 5.69 Å². The molecule has 0 saturated heterocycles. The van der Waals surface area contributed by atoms with E-state index >= 15 is 0 Å². The van der Waals surface area contributed by atoms with Crippen LogP contribution in [-0.4, -0.2) is 30.4 Å². The van der Waals surface area contributed by atoms with E-state index in [1.807, 2.05) is 0 Å². The van der Waals surface area contributed by atoms with Crippen LogP contribution in [0.5, 0.6) is 5.88 Å². The average molecular weight is 254 g/mol. The largest absolute Gasteiger partial charge is 0.476 e. The molecular weight excluding hydrogens is 250 g/mol. The lowest BCUT2D eigenvalue weighted by Crippen LogP contribution is -2.05. The topological polar surface area (TPSA) is 112 Å². The van der Waals surface area contributed by atoms with Gasteiger partial charge in [0.25, 0.3) is 20.0 Å². The fourth-order valence-electron chi connectivity index (χ4n) is 0.831. The molecule has 0 aliphatic rings. The number of nitrogens with zero attached hydrogens (tertiary/aromatic N) is 3. The van der Waals surface area contributed by atoms with Gasteiger partial charge in [-0.3, -0.25) is 10.1 Å². The third kappa shape index (κ3) is 2.30. The fraction of sp³-hybridized carbons (Fsp3) is 0.200. The van der Waals surface area contributed by atoms with E-state index < -0.39 is 30.6 Å². The number of hydrogen-bond acceptors (Lipinski definition) is 7. The predicted octanol–water partition coefficient (Wildman–Crippen LogP) is 0.321. The summed E-state index contributed by atoms with van der Waals surface area (Å²) in [6, 6.07) is 0. The minimum atomic E-state index is -4.31. The smallest absolute Gasteiger partial charge is 0.369 e. The first-order valence-corrected chi connectivity index (χ1v) is 5.67. The quantitative estimate of drug-likeness (QED) is 0.330. The molecule has 1 aromatic heterocycles. The van der Waals surface area contributed by atoms with Crippen molar-refractivity contribution in [2.45, 2.75) is 5.03 Å². The van der Waals surface area contributed by atoms with Gasteiger partial charge in [0, 0.05) is 10.7 Å². The van der Waals surface area contributed by atoms with Gasteiger partial charge in [-0.1, -0.05) is 0 Å². The molecule has 0 saturated carbocycles. The molecule has 8 nitrogen and oxygen atoms in total. The zero-order chi connectivity index (χ0) is 11.6. The summed E-state index contributed by atoms with van der Waals surface area (Å²) in [5.74, 6) is -0.464. The summed E-state index contributed by atoms with van der Waals surface area (Å²) < 4.78 is 26.4. The van der Waals surface area contributed by atoms with E-state index in [9.17, 15) is 18.5 Å². The molecule has 0 aromatic carbocycles. The Bertz CT molecular complexity index is 501. The maximum Gasteiger partial charge on any atom is 0.369 e. The molecule has 0 aliphatic carbocycles. The highest BCUT2D eigenvalue weighted by Gasteiger charge is 2.31. The second-order valence-corrected chi connectivity index (χ2v) is 4.71. The van der Waals surface area contributed by atoms with Gasteiger partial charge in [-0.05, 0) is 0 Å². The number of nitro groups is 1. The number of aromatic nitrogens is 2. The molecule has 0 fully saturated rings. The zero-order valence-electron chi connectivity index (χ0n) is 7.25. The molecule has 82 valence electrons. The van der Waals surface area contributed by atoms with Crippen LogP contribution < -0.4 is 4.74 Å². The molecule has 10 heteroatoms. The van der Waals surface area contributed by atoms with Crippen LogP contribution in [0.25, 0.3) is 0 Å². The lowest BCUT2D eigenvalue weighted by atomic mass is 10.5. The van der Waals surface area contributed by atoms with Gasteiger partial charge < -0.3 is 4.74 Å². The third-order valence-corrected chi connectivity index (χ3v) is 2.56. The molecule has 0 bridgehead atoms. The Hall–Kier alpha value is -1.48. The van der Waals surface area contributed by atoms with Gasteiger partial charge in [0.2, 0.25) is 0 Å². The van der Waals surface area contributed by atoms with Crippen LogP contribution in [0.15, 0.2) is 11.4 Å². The third-order valence-electron chi connectivity index (χ3n) is 1.36. The minimum absolute atomic E-state index is 0.464. The van der Waals surface area contributed by atoms with Crippen molar-refractivity contribution in [2.75, 3.05) is 7.11 Å². The Kier molecular flexibility index (Phi) is 3.05. The Morgan fingerprint density at radius 3 is 2.53 bits per heavy atom. The summed E-state index contributed by atoms with van der Waals surface area (Å²) in [5.41, 5.74) is -0.880. The SMILES string of the molecule is COc1ncnc(S(=O)(=O)Cl)c1[N+](=O)[O-]. The van der Waals surface area contributed by atoms with Crippen molar-refractivity contribution in [1.82, 2.24) is 9.97 Å². The van der Waals surface area contributed by atoms with E-state index in [1.54, 1.807) is 0 Å². The normalized spacial score (nSPS) is 11.1. The second kappa shape index (κ2) is 3.95. The molecule has 0 amide bonds. The average Bonchev–Trinajstić information content (AvgIpc) is 2.15. The van der Waals surface area contributed by atoms with Crippen LogP contribution in [0.1, 0.15) is 0 Å². The fourth-order valence-corrected chi connectivity index (χ4v) is 1.74. The minimum Gasteiger partial charge on any atom is -0.476 e. The van der Waals surface area contributed by atoms with E-state index in [0.717, 1.165) is 13.4 Å². The zero-order valence-corrected chi connectivity index (χ0v) is 8.82. The Morgan fingerprint density at radius 1 is 1.53 bits per heavy atom. The maximum atomic E-state index is 10.9. The van der Waals surface area contributed by atoms with E-state index in [-0.39, 0.29) is 0 Å². The van der Waals surface area contributed by atoms with E-state index in [4.69, 9.17) is 10.7 Å². The summed E-state index contributed by atoms with van der Waals surface area (Å²) in [4.78, 5) is 16.2.